The van der Waals surface area contributed by atoms with Crippen LogP contribution in [-0.2, 0) is 5.41 Å². The Morgan fingerprint density at radius 3 is 1.71 bits per heavy atom. The molecule has 1 aliphatic carbocycles. The highest BCUT2D eigenvalue weighted by atomic mass is 14.9. The molecule has 0 atom stereocenters. The fraction of sp³-hybridized carbons (Fsp3) is 0.0612. The Labute approximate surface area is 297 Å². The highest BCUT2D eigenvalue weighted by Gasteiger charge is 2.36. The number of hydrogen-bond acceptors (Lipinski definition) is 2. The summed E-state index contributed by atoms with van der Waals surface area (Å²) in [6.07, 6.45) is 0. The molecule has 51 heavy (non-hydrogen) atoms. The predicted octanol–water partition coefficient (Wildman–Crippen LogP) is 12.9. The molecule has 10 rings (SSSR count). The maximum Gasteiger partial charge on any atom is 0.160 e. The normalized spacial score (nSPS) is 13.1. The molecule has 2 nitrogen and oxygen atoms in total. The smallest absolute Gasteiger partial charge is 0.160 e. The molecule has 0 amide bonds. The lowest BCUT2D eigenvalue weighted by Crippen LogP contribution is -2.14. The van der Waals surface area contributed by atoms with Gasteiger partial charge in [0, 0.05) is 22.1 Å². The molecule has 0 saturated carbocycles. The fourth-order valence-corrected chi connectivity index (χ4v) is 8.35. The average molecular weight is 651 g/mol. The fourth-order valence-electron chi connectivity index (χ4n) is 8.35. The average Bonchev–Trinajstić information content (AvgIpc) is 3.43. The lowest BCUT2D eigenvalue weighted by atomic mass is 9.81. The van der Waals surface area contributed by atoms with E-state index in [-0.39, 0.29) is 5.41 Å². The Hall–Kier alpha value is -6.38. The first-order chi connectivity index (χ1) is 25.0. The second-order valence-electron chi connectivity index (χ2n) is 14.2. The topological polar surface area (TPSA) is 25.8 Å². The largest absolute Gasteiger partial charge is 0.228 e. The molecule has 0 unspecified atom stereocenters. The second kappa shape index (κ2) is 11.3. The maximum absolute atomic E-state index is 5.24. The highest BCUT2D eigenvalue weighted by Crippen LogP contribution is 2.52. The molecule has 0 fully saturated rings. The van der Waals surface area contributed by atoms with E-state index in [9.17, 15) is 0 Å². The van der Waals surface area contributed by atoms with E-state index in [1.165, 1.54) is 65.7 Å². The first kappa shape index (κ1) is 29.5. The monoisotopic (exact) mass is 650 g/mol. The Balaban J connectivity index is 1.17. The molecule has 0 N–H and O–H groups in total. The minimum atomic E-state index is -0.0651. The predicted molar refractivity (Wildman–Crippen MR) is 214 cm³/mol. The molecule has 2 heteroatoms. The van der Waals surface area contributed by atoms with E-state index < -0.39 is 0 Å². The zero-order valence-electron chi connectivity index (χ0n) is 28.6. The Morgan fingerprint density at radius 2 is 0.941 bits per heavy atom. The van der Waals surface area contributed by atoms with Crippen molar-refractivity contribution in [1.29, 1.82) is 0 Å². The number of benzene rings is 8. The third kappa shape index (κ3) is 4.64. The highest BCUT2D eigenvalue weighted by molar-refractivity contribution is 6.07. The number of nitrogens with zero attached hydrogens (tertiary/aromatic N) is 2. The van der Waals surface area contributed by atoms with Gasteiger partial charge in [-0.25, -0.2) is 9.97 Å². The quantitative estimate of drug-likeness (QED) is 0.189. The van der Waals surface area contributed by atoms with E-state index >= 15 is 0 Å². The van der Waals surface area contributed by atoms with E-state index in [4.69, 9.17) is 9.97 Å². The summed E-state index contributed by atoms with van der Waals surface area (Å²) in [7, 11) is 0. The van der Waals surface area contributed by atoms with Gasteiger partial charge in [-0.15, -0.1) is 0 Å². The lowest BCUT2D eigenvalue weighted by Gasteiger charge is -2.22. The summed E-state index contributed by atoms with van der Waals surface area (Å²) in [4.78, 5) is 10.4. The number of aromatic nitrogens is 2. The lowest BCUT2D eigenvalue weighted by molar-refractivity contribution is 0.661. The van der Waals surface area contributed by atoms with Crippen LogP contribution >= 0.6 is 0 Å². The van der Waals surface area contributed by atoms with Gasteiger partial charge in [-0.3, -0.25) is 0 Å². The molecule has 1 aliphatic rings. The second-order valence-corrected chi connectivity index (χ2v) is 14.2. The van der Waals surface area contributed by atoms with Crippen molar-refractivity contribution >= 4 is 32.3 Å². The number of hydrogen-bond donors (Lipinski definition) is 0. The van der Waals surface area contributed by atoms with Gasteiger partial charge in [-0.2, -0.15) is 0 Å². The molecule has 0 bridgehead atoms. The van der Waals surface area contributed by atoms with Crippen LogP contribution in [0.3, 0.4) is 0 Å². The third-order valence-corrected chi connectivity index (χ3v) is 10.9. The van der Waals surface area contributed by atoms with Crippen LogP contribution in [0.2, 0.25) is 0 Å². The molecule has 9 aromatic rings. The summed E-state index contributed by atoms with van der Waals surface area (Å²) in [5.74, 6) is 0.719. The molecule has 0 saturated heterocycles. The summed E-state index contributed by atoms with van der Waals surface area (Å²) in [6, 6.07) is 61.2. The van der Waals surface area contributed by atoms with Crippen molar-refractivity contribution < 1.29 is 0 Å². The Bertz CT molecular complexity index is 2820. The number of rotatable bonds is 4. The van der Waals surface area contributed by atoms with Crippen molar-refractivity contribution in [1.82, 2.24) is 9.97 Å². The van der Waals surface area contributed by atoms with Crippen LogP contribution in [0.4, 0.5) is 0 Å². The molecule has 240 valence electrons. The van der Waals surface area contributed by atoms with Gasteiger partial charge in [-0.1, -0.05) is 172 Å². The molecular weight excluding hydrogens is 617 g/mol. The molecule has 0 radical (unpaired) electrons. The van der Waals surface area contributed by atoms with Gasteiger partial charge in [0.05, 0.1) is 11.4 Å². The van der Waals surface area contributed by atoms with Gasteiger partial charge in [0.2, 0.25) is 0 Å². The third-order valence-electron chi connectivity index (χ3n) is 10.9. The van der Waals surface area contributed by atoms with E-state index in [1.54, 1.807) is 0 Å². The minimum Gasteiger partial charge on any atom is -0.228 e. The van der Waals surface area contributed by atoms with Gasteiger partial charge >= 0.3 is 0 Å². The van der Waals surface area contributed by atoms with Crippen LogP contribution in [0.5, 0.6) is 0 Å². The standard InChI is InChI=1S/C49H34N2/c1-49(2)43-27-24-34(29-42(43)47-37-19-9-7-14-32(37)23-28-44(47)49)36-25-26-41(39-21-11-10-20-38(36)39)46-30-45(50-48(51-46)33-15-4-3-5-16-33)40-22-12-17-31-13-6-8-18-35(31)40/h3-30H,1-2H3. The maximum atomic E-state index is 5.24. The molecule has 0 aliphatic heterocycles. The summed E-state index contributed by atoms with van der Waals surface area (Å²) in [5, 5.41) is 7.35. The first-order valence-corrected chi connectivity index (χ1v) is 17.7. The van der Waals surface area contributed by atoms with E-state index in [0.717, 1.165) is 33.9 Å². The molecule has 1 aromatic heterocycles. The van der Waals surface area contributed by atoms with Crippen LogP contribution in [0.15, 0.2) is 170 Å². The van der Waals surface area contributed by atoms with Crippen molar-refractivity contribution in [3.05, 3.63) is 181 Å². The van der Waals surface area contributed by atoms with Crippen LogP contribution in [0.1, 0.15) is 25.0 Å². The summed E-state index contributed by atoms with van der Waals surface area (Å²) >= 11 is 0. The Morgan fingerprint density at radius 1 is 0.373 bits per heavy atom. The molecule has 8 aromatic carbocycles. The van der Waals surface area contributed by atoms with Crippen molar-refractivity contribution in [2.75, 3.05) is 0 Å². The van der Waals surface area contributed by atoms with Gasteiger partial charge in [0.1, 0.15) is 0 Å². The van der Waals surface area contributed by atoms with Crippen molar-refractivity contribution in [2.45, 2.75) is 19.3 Å². The SMILES string of the molecule is CC1(C)c2ccc(-c3ccc(-c4cc(-c5cccc6ccccc56)nc(-c5ccccc5)n4)c4ccccc34)cc2-c2c1ccc1ccccc21. The summed E-state index contributed by atoms with van der Waals surface area (Å²) < 4.78 is 0. The molecule has 1 heterocycles. The van der Waals surface area contributed by atoms with Crippen LogP contribution in [-0.4, -0.2) is 9.97 Å². The van der Waals surface area contributed by atoms with Gasteiger partial charge in [-0.05, 0) is 77.8 Å². The Kier molecular flexibility index (Phi) is 6.56. The molecule has 0 spiro atoms. The minimum absolute atomic E-state index is 0.0651. The summed E-state index contributed by atoms with van der Waals surface area (Å²) in [5.41, 5.74) is 12.9. The van der Waals surface area contributed by atoms with E-state index in [0.29, 0.717) is 0 Å². The van der Waals surface area contributed by atoms with E-state index in [2.05, 4.69) is 166 Å². The zero-order valence-corrected chi connectivity index (χ0v) is 28.6. The van der Waals surface area contributed by atoms with Crippen LogP contribution in [0, 0.1) is 0 Å². The van der Waals surface area contributed by atoms with Gasteiger partial charge in [0.15, 0.2) is 5.82 Å². The molecular formula is C49H34N2. The zero-order chi connectivity index (χ0) is 34.1. The summed E-state index contributed by atoms with van der Waals surface area (Å²) in [6.45, 7) is 4.71. The van der Waals surface area contributed by atoms with Gasteiger partial charge < -0.3 is 0 Å². The first-order valence-electron chi connectivity index (χ1n) is 17.7. The number of fused-ring (bicyclic) bond motifs is 7. The van der Waals surface area contributed by atoms with Gasteiger partial charge in [0.25, 0.3) is 0 Å². The van der Waals surface area contributed by atoms with Crippen LogP contribution in [0.25, 0.3) is 88.5 Å². The van der Waals surface area contributed by atoms with Crippen molar-refractivity contribution in [3.8, 4) is 56.2 Å². The van der Waals surface area contributed by atoms with Crippen molar-refractivity contribution in [2.24, 2.45) is 0 Å². The van der Waals surface area contributed by atoms with Crippen LogP contribution < -0.4 is 0 Å². The van der Waals surface area contributed by atoms with Crippen molar-refractivity contribution in [3.63, 3.8) is 0 Å². The van der Waals surface area contributed by atoms with E-state index in [1.807, 2.05) is 18.2 Å².